The molecule has 0 unspecified atom stereocenters. The zero-order valence-electron chi connectivity index (χ0n) is 13.5. The van der Waals surface area contributed by atoms with Gasteiger partial charge in [-0.3, -0.25) is 4.79 Å². The summed E-state index contributed by atoms with van der Waals surface area (Å²) in [6.07, 6.45) is 0. The first-order chi connectivity index (χ1) is 10.9. The van der Waals surface area contributed by atoms with E-state index in [1.807, 2.05) is 63.2 Å². The van der Waals surface area contributed by atoms with Crippen LogP contribution >= 0.6 is 11.3 Å². The van der Waals surface area contributed by atoms with Crippen molar-refractivity contribution in [3.05, 3.63) is 54.1 Å². The summed E-state index contributed by atoms with van der Waals surface area (Å²) < 4.78 is 6.52. The lowest BCUT2D eigenvalue weighted by Crippen LogP contribution is -2.22. The Kier molecular flexibility index (Phi) is 4.18. The minimum atomic E-state index is -0.471. The molecule has 0 N–H and O–H groups in total. The summed E-state index contributed by atoms with van der Waals surface area (Å²) >= 11 is 1.68. The van der Waals surface area contributed by atoms with Gasteiger partial charge in [0.05, 0.1) is 15.6 Å². The van der Waals surface area contributed by atoms with Crippen LogP contribution in [0.4, 0.5) is 0 Å². The molecule has 0 bridgehead atoms. The summed E-state index contributed by atoms with van der Waals surface area (Å²) in [7, 11) is 0. The summed E-state index contributed by atoms with van der Waals surface area (Å²) in [5.74, 6) is -0.187. The average molecular weight is 325 g/mol. The Labute approximate surface area is 139 Å². The van der Waals surface area contributed by atoms with Crippen molar-refractivity contribution >= 4 is 27.5 Å². The number of nitrogens with zero attached hydrogens (tertiary/aromatic N) is 1. The number of esters is 1. The fourth-order valence-electron chi connectivity index (χ4n) is 2.10. The Morgan fingerprint density at radius 2 is 1.78 bits per heavy atom. The number of hydrogen-bond acceptors (Lipinski definition) is 4. The lowest BCUT2D eigenvalue weighted by atomic mass is 9.97. The van der Waals surface area contributed by atoms with Crippen LogP contribution in [0.25, 0.3) is 20.8 Å². The van der Waals surface area contributed by atoms with Gasteiger partial charge in [-0.15, -0.1) is 11.3 Å². The number of carbonyl (C=O) groups excluding carboxylic acids is 1. The topological polar surface area (TPSA) is 39.2 Å². The van der Waals surface area contributed by atoms with E-state index in [4.69, 9.17) is 4.74 Å². The summed E-state index contributed by atoms with van der Waals surface area (Å²) in [6, 6.07) is 16.1. The molecule has 118 valence electrons. The van der Waals surface area contributed by atoms with Crippen molar-refractivity contribution in [3.8, 4) is 10.6 Å². The molecule has 0 saturated carbocycles. The molecule has 4 heteroatoms. The van der Waals surface area contributed by atoms with Gasteiger partial charge in [-0.25, -0.2) is 4.98 Å². The number of ether oxygens (including phenoxy) is 1. The number of fused-ring (bicyclic) bond motifs is 1. The Balaban J connectivity index is 1.73. The molecule has 0 radical (unpaired) electrons. The SMILES string of the molecule is CC(C)(C)C(=O)OCc1ccc(-c2nc3ccccc3s2)cc1. The molecule has 1 heterocycles. The smallest absolute Gasteiger partial charge is 0.311 e. The lowest BCUT2D eigenvalue weighted by molar-refractivity contribution is -0.154. The average Bonchev–Trinajstić information content (AvgIpc) is 2.96. The Morgan fingerprint density at radius 3 is 2.43 bits per heavy atom. The van der Waals surface area contributed by atoms with E-state index in [2.05, 4.69) is 11.1 Å². The van der Waals surface area contributed by atoms with Gasteiger partial charge in [0.15, 0.2) is 0 Å². The van der Waals surface area contributed by atoms with Gasteiger partial charge in [0.1, 0.15) is 11.6 Å². The quantitative estimate of drug-likeness (QED) is 0.632. The lowest BCUT2D eigenvalue weighted by Gasteiger charge is -2.16. The molecule has 3 rings (SSSR count). The first kappa shape index (κ1) is 15.7. The minimum Gasteiger partial charge on any atom is -0.460 e. The molecule has 0 aliphatic rings. The van der Waals surface area contributed by atoms with Gasteiger partial charge in [0, 0.05) is 5.56 Å². The molecule has 0 spiro atoms. The maximum Gasteiger partial charge on any atom is 0.311 e. The molecule has 0 fully saturated rings. The molecule has 0 atom stereocenters. The van der Waals surface area contributed by atoms with E-state index < -0.39 is 5.41 Å². The molecule has 0 aliphatic carbocycles. The fraction of sp³-hybridized carbons (Fsp3) is 0.263. The van der Waals surface area contributed by atoms with Gasteiger partial charge in [0.2, 0.25) is 0 Å². The van der Waals surface area contributed by atoms with Crippen molar-refractivity contribution in [3.63, 3.8) is 0 Å². The maximum absolute atomic E-state index is 11.8. The van der Waals surface area contributed by atoms with Gasteiger partial charge >= 0.3 is 5.97 Å². The van der Waals surface area contributed by atoms with Crippen LogP contribution in [0, 0.1) is 5.41 Å². The molecule has 0 aliphatic heterocycles. The minimum absolute atomic E-state index is 0.187. The van der Waals surface area contributed by atoms with Crippen LogP contribution in [0.2, 0.25) is 0 Å². The predicted molar refractivity (Wildman–Crippen MR) is 94.3 cm³/mol. The first-order valence-corrected chi connectivity index (χ1v) is 8.37. The van der Waals surface area contributed by atoms with Crippen LogP contribution < -0.4 is 0 Å². The summed E-state index contributed by atoms with van der Waals surface area (Å²) in [5.41, 5.74) is 2.61. The van der Waals surface area contributed by atoms with Crippen LogP contribution in [0.1, 0.15) is 26.3 Å². The van der Waals surface area contributed by atoms with Crippen molar-refractivity contribution in [2.45, 2.75) is 27.4 Å². The van der Waals surface area contributed by atoms with E-state index in [9.17, 15) is 4.79 Å². The highest BCUT2D eigenvalue weighted by molar-refractivity contribution is 7.21. The van der Waals surface area contributed by atoms with E-state index in [0.29, 0.717) is 6.61 Å². The normalized spacial score (nSPS) is 11.6. The second-order valence-electron chi connectivity index (χ2n) is 6.51. The number of para-hydroxylation sites is 1. The Bertz CT molecular complexity index is 795. The second kappa shape index (κ2) is 6.13. The van der Waals surface area contributed by atoms with Crippen LogP contribution in [0.15, 0.2) is 48.5 Å². The molecule has 3 aromatic rings. The number of carbonyl (C=O) groups is 1. The monoisotopic (exact) mass is 325 g/mol. The van der Waals surface area contributed by atoms with Crippen LogP contribution in [-0.4, -0.2) is 11.0 Å². The summed E-state index contributed by atoms with van der Waals surface area (Å²) in [5, 5.41) is 1.00. The molecule has 3 nitrogen and oxygen atoms in total. The summed E-state index contributed by atoms with van der Waals surface area (Å²) in [6.45, 7) is 5.86. The maximum atomic E-state index is 11.8. The fourth-order valence-corrected chi connectivity index (χ4v) is 3.08. The van der Waals surface area contributed by atoms with Crippen LogP contribution in [-0.2, 0) is 16.1 Å². The number of benzene rings is 2. The second-order valence-corrected chi connectivity index (χ2v) is 7.54. The Morgan fingerprint density at radius 1 is 1.09 bits per heavy atom. The van der Waals surface area contributed by atoms with E-state index in [1.54, 1.807) is 11.3 Å². The van der Waals surface area contributed by atoms with Crippen molar-refractivity contribution < 1.29 is 9.53 Å². The molecule has 1 aromatic heterocycles. The number of rotatable bonds is 3. The van der Waals surface area contributed by atoms with Crippen molar-refractivity contribution in [2.75, 3.05) is 0 Å². The van der Waals surface area contributed by atoms with E-state index in [1.165, 1.54) is 4.70 Å². The van der Waals surface area contributed by atoms with Gasteiger partial charge < -0.3 is 4.74 Å². The highest BCUT2D eigenvalue weighted by Crippen LogP contribution is 2.30. The zero-order chi connectivity index (χ0) is 16.4. The number of thiazole rings is 1. The highest BCUT2D eigenvalue weighted by Gasteiger charge is 2.22. The molecular weight excluding hydrogens is 306 g/mol. The molecule has 0 saturated heterocycles. The van der Waals surface area contributed by atoms with Crippen molar-refractivity contribution in [2.24, 2.45) is 5.41 Å². The molecule has 23 heavy (non-hydrogen) atoms. The van der Waals surface area contributed by atoms with E-state index >= 15 is 0 Å². The number of hydrogen-bond donors (Lipinski definition) is 0. The largest absolute Gasteiger partial charge is 0.460 e. The standard InChI is InChI=1S/C19H19NO2S/c1-19(2,3)18(21)22-12-13-8-10-14(11-9-13)17-20-15-6-4-5-7-16(15)23-17/h4-11H,12H2,1-3H3. The van der Waals surface area contributed by atoms with Gasteiger partial charge in [-0.1, -0.05) is 36.4 Å². The van der Waals surface area contributed by atoms with E-state index in [0.717, 1.165) is 21.7 Å². The van der Waals surface area contributed by atoms with Crippen molar-refractivity contribution in [1.82, 2.24) is 4.98 Å². The van der Waals surface area contributed by atoms with Gasteiger partial charge in [-0.2, -0.15) is 0 Å². The molecule has 0 amide bonds. The Hall–Kier alpha value is -2.20. The molecular formula is C19H19NO2S. The van der Waals surface area contributed by atoms with Crippen LogP contribution in [0.5, 0.6) is 0 Å². The van der Waals surface area contributed by atoms with Gasteiger partial charge in [0.25, 0.3) is 0 Å². The third-order valence-electron chi connectivity index (χ3n) is 3.48. The van der Waals surface area contributed by atoms with Crippen molar-refractivity contribution in [1.29, 1.82) is 0 Å². The number of aromatic nitrogens is 1. The van der Waals surface area contributed by atoms with Crippen LogP contribution in [0.3, 0.4) is 0 Å². The third-order valence-corrected chi connectivity index (χ3v) is 4.56. The molecule has 2 aromatic carbocycles. The summed E-state index contributed by atoms with van der Waals surface area (Å²) in [4.78, 5) is 16.4. The zero-order valence-corrected chi connectivity index (χ0v) is 14.3. The first-order valence-electron chi connectivity index (χ1n) is 7.55. The van der Waals surface area contributed by atoms with E-state index in [-0.39, 0.29) is 5.97 Å². The third kappa shape index (κ3) is 3.59. The van der Waals surface area contributed by atoms with Gasteiger partial charge in [-0.05, 0) is 38.5 Å². The highest BCUT2D eigenvalue weighted by atomic mass is 32.1. The predicted octanol–water partition coefficient (Wildman–Crippen LogP) is 5.05.